The molecule has 1 aliphatic heterocycles. The van der Waals surface area contributed by atoms with E-state index < -0.39 is 18.2 Å². The lowest BCUT2D eigenvalue weighted by atomic mass is 9.99. The van der Waals surface area contributed by atoms with E-state index in [-0.39, 0.29) is 12.4 Å². The third kappa shape index (κ3) is 3.63. The number of nitrogens with one attached hydrogen (secondary N) is 1. The van der Waals surface area contributed by atoms with E-state index in [1.165, 1.54) is 0 Å². The Morgan fingerprint density at radius 1 is 1.04 bits per heavy atom. The lowest BCUT2D eigenvalue weighted by Crippen LogP contribution is -2.38. The van der Waals surface area contributed by atoms with Crippen LogP contribution in [0.3, 0.4) is 0 Å². The summed E-state index contributed by atoms with van der Waals surface area (Å²) in [5.74, 6) is -0.888. The molecule has 6 heteroatoms. The van der Waals surface area contributed by atoms with Gasteiger partial charge in [-0.25, -0.2) is 4.79 Å². The van der Waals surface area contributed by atoms with Crippen molar-refractivity contribution >= 4 is 22.7 Å². The number of ether oxygens (including phenoxy) is 3. The lowest BCUT2D eigenvalue weighted by Gasteiger charge is -2.24. The summed E-state index contributed by atoms with van der Waals surface area (Å²) in [6.07, 6.45) is -0.221. The highest BCUT2D eigenvalue weighted by Gasteiger charge is 2.32. The van der Waals surface area contributed by atoms with E-state index in [4.69, 9.17) is 14.2 Å². The van der Waals surface area contributed by atoms with Crippen molar-refractivity contribution in [3.63, 3.8) is 0 Å². The Kier molecular flexibility index (Phi) is 5.00. The fourth-order valence-corrected chi connectivity index (χ4v) is 3.13. The molecule has 0 amide bonds. The van der Waals surface area contributed by atoms with Gasteiger partial charge in [0.1, 0.15) is 0 Å². The summed E-state index contributed by atoms with van der Waals surface area (Å²) >= 11 is 0. The molecule has 1 saturated heterocycles. The molecule has 3 aromatic rings. The van der Waals surface area contributed by atoms with Gasteiger partial charge in [0.25, 0.3) is 0 Å². The van der Waals surface area contributed by atoms with Crippen LogP contribution in [0.15, 0.2) is 60.8 Å². The van der Waals surface area contributed by atoms with Gasteiger partial charge in [-0.2, -0.15) is 0 Å². The highest BCUT2D eigenvalue weighted by atomic mass is 16.6. The van der Waals surface area contributed by atoms with Crippen molar-refractivity contribution < 1.29 is 23.8 Å². The molecule has 1 fully saturated rings. The van der Waals surface area contributed by atoms with E-state index in [1.54, 1.807) is 30.5 Å². The van der Waals surface area contributed by atoms with Crippen LogP contribution in [0.5, 0.6) is 0 Å². The van der Waals surface area contributed by atoms with Crippen LogP contribution in [0, 0.1) is 0 Å². The zero-order valence-electron chi connectivity index (χ0n) is 14.6. The number of benzene rings is 2. The standard InChI is InChI=1S/C21H19NO5/c23-19(16-12-22-17-9-5-4-8-15(16)17)20(14-6-2-1-3-7-14)27-21(24)18-13-25-10-11-26-18/h1-9,12,18,20,22H,10-11,13H2/t18-,20-/m1/s1. The summed E-state index contributed by atoms with van der Waals surface area (Å²) < 4.78 is 16.3. The molecule has 1 aliphatic rings. The molecule has 2 aromatic carbocycles. The fraction of sp³-hybridized carbons (Fsp3) is 0.238. The number of hydrogen-bond donors (Lipinski definition) is 1. The average molecular weight is 365 g/mol. The number of esters is 1. The van der Waals surface area contributed by atoms with Crippen LogP contribution >= 0.6 is 0 Å². The van der Waals surface area contributed by atoms with Gasteiger partial charge >= 0.3 is 5.97 Å². The Morgan fingerprint density at radius 3 is 2.59 bits per heavy atom. The van der Waals surface area contributed by atoms with Crippen LogP contribution in [0.25, 0.3) is 10.9 Å². The third-order valence-electron chi connectivity index (χ3n) is 4.51. The smallest absolute Gasteiger partial charge is 0.338 e. The van der Waals surface area contributed by atoms with Crippen molar-refractivity contribution in [3.8, 4) is 0 Å². The SMILES string of the molecule is O=C(O[C@@H](C(=O)c1c[nH]c2ccccc12)c1ccccc1)[C@H]1COCCO1. The van der Waals surface area contributed by atoms with Gasteiger partial charge in [-0.3, -0.25) is 4.79 Å². The minimum Gasteiger partial charge on any atom is -0.447 e. The zero-order chi connectivity index (χ0) is 18.6. The molecule has 0 unspecified atom stereocenters. The first-order valence-corrected chi connectivity index (χ1v) is 8.79. The maximum Gasteiger partial charge on any atom is 0.338 e. The monoisotopic (exact) mass is 365 g/mol. The number of ketones is 1. The Labute approximate surface area is 156 Å². The predicted molar refractivity (Wildman–Crippen MR) is 98.5 cm³/mol. The molecule has 1 N–H and O–H groups in total. The molecule has 4 rings (SSSR count). The Balaban J connectivity index is 1.65. The number of aromatic nitrogens is 1. The number of fused-ring (bicyclic) bond motifs is 1. The predicted octanol–water partition coefficient (Wildman–Crippen LogP) is 3.05. The summed E-state index contributed by atoms with van der Waals surface area (Å²) in [5.41, 5.74) is 1.94. The second-order valence-corrected chi connectivity index (χ2v) is 6.27. The van der Waals surface area contributed by atoms with Gasteiger partial charge in [0, 0.05) is 28.2 Å². The largest absolute Gasteiger partial charge is 0.447 e. The quantitative estimate of drug-likeness (QED) is 0.555. The molecule has 0 aliphatic carbocycles. The number of Topliss-reactive ketones (excluding diaryl/α,β-unsaturated/α-hetero) is 1. The molecular weight excluding hydrogens is 346 g/mol. The summed E-state index contributed by atoms with van der Waals surface area (Å²) in [6, 6.07) is 16.5. The molecule has 27 heavy (non-hydrogen) atoms. The third-order valence-corrected chi connectivity index (χ3v) is 4.51. The van der Waals surface area contributed by atoms with Gasteiger partial charge < -0.3 is 19.2 Å². The van der Waals surface area contributed by atoms with Crippen LogP contribution in [0.4, 0.5) is 0 Å². The number of hydrogen-bond acceptors (Lipinski definition) is 5. The lowest BCUT2D eigenvalue weighted by molar-refractivity contribution is -0.174. The first kappa shape index (κ1) is 17.5. The first-order valence-electron chi connectivity index (χ1n) is 8.79. The minimum atomic E-state index is -1.05. The van der Waals surface area contributed by atoms with Crippen molar-refractivity contribution in [1.29, 1.82) is 0 Å². The molecule has 0 saturated carbocycles. The van der Waals surface area contributed by atoms with Crippen molar-refractivity contribution in [1.82, 2.24) is 4.98 Å². The summed E-state index contributed by atoms with van der Waals surface area (Å²) in [4.78, 5) is 28.9. The van der Waals surface area contributed by atoms with Gasteiger partial charge in [0.2, 0.25) is 5.78 Å². The van der Waals surface area contributed by atoms with E-state index in [0.717, 1.165) is 10.9 Å². The van der Waals surface area contributed by atoms with Gasteiger partial charge in [-0.15, -0.1) is 0 Å². The van der Waals surface area contributed by atoms with Crippen LogP contribution in [0.2, 0.25) is 0 Å². The number of carbonyl (C=O) groups is 2. The summed E-state index contributed by atoms with van der Waals surface area (Å²) in [6.45, 7) is 0.897. The topological polar surface area (TPSA) is 77.6 Å². The number of carbonyl (C=O) groups excluding carboxylic acids is 2. The van der Waals surface area contributed by atoms with Crippen LogP contribution < -0.4 is 0 Å². The number of rotatable bonds is 5. The van der Waals surface area contributed by atoms with E-state index in [2.05, 4.69) is 4.98 Å². The molecule has 2 atom stereocenters. The second-order valence-electron chi connectivity index (χ2n) is 6.27. The molecular formula is C21H19NO5. The van der Waals surface area contributed by atoms with Crippen molar-refractivity contribution in [3.05, 3.63) is 71.9 Å². The Bertz CT molecular complexity index is 943. The normalized spacial score (nSPS) is 18.1. The van der Waals surface area contributed by atoms with Gasteiger partial charge in [-0.05, 0) is 6.07 Å². The summed E-state index contributed by atoms with van der Waals surface area (Å²) in [5, 5.41) is 0.789. The van der Waals surface area contributed by atoms with Crippen molar-refractivity contribution in [2.45, 2.75) is 12.2 Å². The highest BCUT2D eigenvalue weighted by molar-refractivity contribution is 6.10. The molecule has 6 nitrogen and oxygen atoms in total. The fourth-order valence-electron chi connectivity index (χ4n) is 3.13. The van der Waals surface area contributed by atoms with Crippen LogP contribution in [-0.4, -0.2) is 42.7 Å². The van der Waals surface area contributed by atoms with E-state index in [1.807, 2.05) is 30.3 Å². The van der Waals surface area contributed by atoms with Gasteiger partial charge in [0.15, 0.2) is 12.2 Å². The molecule has 0 spiro atoms. The zero-order valence-corrected chi connectivity index (χ0v) is 14.6. The van der Waals surface area contributed by atoms with Gasteiger partial charge in [-0.1, -0.05) is 48.5 Å². The summed E-state index contributed by atoms with van der Waals surface area (Å²) in [7, 11) is 0. The first-order chi connectivity index (χ1) is 13.2. The van der Waals surface area contributed by atoms with E-state index in [9.17, 15) is 9.59 Å². The molecule has 0 bridgehead atoms. The van der Waals surface area contributed by atoms with Crippen LogP contribution in [-0.2, 0) is 19.0 Å². The van der Waals surface area contributed by atoms with Crippen molar-refractivity contribution in [2.24, 2.45) is 0 Å². The second kappa shape index (κ2) is 7.73. The number of H-pyrrole nitrogens is 1. The van der Waals surface area contributed by atoms with Gasteiger partial charge in [0.05, 0.1) is 19.8 Å². The molecule has 1 aromatic heterocycles. The average Bonchev–Trinajstić information content (AvgIpc) is 3.17. The Hall–Kier alpha value is -2.96. The molecule has 138 valence electrons. The number of aromatic amines is 1. The molecule has 2 heterocycles. The minimum absolute atomic E-state index is 0.127. The maximum absolute atomic E-state index is 13.3. The van der Waals surface area contributed by atoms with Crippen LogP contribution in [0.1, 0.15) is 22.0 Å². The maximum atomic E-state index is 13.3. The molecule has 0 radical (unpaired) electrons. The highest BCUT2D eigenvalue weighted by Crippen LogP contribution is 2.27. The Morgan fingerprint density at radius 2 is 1.81 bits per heavy atom. The number of para-hydroxylation sites is 1. The van der Waals surface area contributed by atoms with E-state index >= 15 is 0 Å². The van der Waals surface area contributed by atoms with Crippen molar-refractivity contribution in [2.75, 3.05) is 19.8 Å². The van der Waals surface area contributed by atoms with E-state index in [0.29, 0.717) is 24.3 Å².